The number of nitrogens with one attached hydrogen (secondary N) is 1. The predicted molar refractivity (Wildman–Crippen MR) is 86.6 cm³/mol. The highest BCUT2D eigenvalue weighted by molar-refractivity contribution is 5.94. The number of nitrogen functional groups attached to an aromatic ring is 1. The van der Waals surface area contributed by atoms with E-state index in [0.29, 0.717) is 29.4 Å². The van der Waals surface area contributed by atoms with Crippen LogP contribution >= 0.6 is 0 Å². The lowest BCUT2D eigenvalue weighted by Crippen LogP contribution is -2.30. The molecule has 0 spiro atoms. The average Bonchev–Trinajstić information content (AvgIpc) is 2.60. The molecule has 2 rings (SSSR count). The van der Waals surface area contributed by atoms with Crippen LogP contribution in [0.3, 0.4) is 0 Å². The first-order chi connectivity index (χ1) is 11.2. The van der Waals surface area contributed by atoms with Crippen LogP contribution in [-0.2, 0) is 6.61 Å². The van der Waals surface area contributed by atoms with Crippen molar-refractivity contribution in [1.29, 1.82) is 0 Å². The number of benzene rings is 2. The average molecular weight is 316 g/mol. The highest BCUT2D eigenvalue weighted by atomic mass is 16.5. The lowest BCUT2D eigenvalue weighted by atomic mass is 10.1. The SMILES string of the molecule is CCOc1ccc(C(=O)NN)cc1COc1cccc(OC)c1. The van der Waals surface area contributed by atoms with E-state index < -0.39 is 0 Å². The van der Waals surface area contributed by atoms with Crippen LogP contribution in [0, 0.1) is 0 Å². The van der Waals surface area contributed by atoms with E-state index in [1.54, 1.807) is 31.4 Å². The molecule has 0 atom stereocenters. The van der Waals surface area contributed by atoms with Crippen molar-refractivity contribution >= 4 is 5.91 Å². The predicted octanol–water partition coefficient (Wildman–Crippen LogP) is 2.28. The molecule has 0 aliphatic heterocycles. The first kappa shape index (κ1) is 16.6. The Kier molecular flexibility index (Phi) is 5.82. The molecule has 2 aromatic carbocycles. The smallest absolute Gasteiger partial charge is 0.265 e. The summed E-state index contributed by atoms with van der Waals surface area (Å²) in [5, 5.41) is 0. The number of rotatable bonds is 7. The van der Waals surface area contributed by atoms with Gasteiger partial charge in [-0.15, -0.1) is 0 Å². The molecule has 6 nitrogen and oxygen atoms in total. The highest BCUT2D eigenvalue weighted by Crippen LogP contribution is 2.24. The maximum atomic E-state index is 11.7. The third-order valence-electron chi connectivity index (χ3n) is 3.19. The Balaban J connectivity index is 2.19. The van der Waals surface area contributed by atoms with Crippen LogP contribution in [0.25, 0.3) is 0 Å². The number of carbonyl (C=O) groups is 1. The van der Waals surface area contributed by atoms with Gasteiger partial charge in [0.1, 0.15) is 23.9 Å². The normalized spacial score (nSPS) is 10.0. The van der Waals surface area contributed by atoms with Crippen molar-refractivity contribution in [3.8, 4) is 17.2 Å². The fourth-order valence-electron chi connectivity index (χ4n) is 2.07. The summed E-state index contributed by atoms with van der Waals surface area (Å²) in [6, 6.07) is 12.4. The Morgan fingerprint density at radius 2 is 1.91 bits per heavy atom. The molecule has 0 unspecified atom stereocenters. The summed E-state index contributed by atoms with van der Waals surface area (Å²) < 4.78 is 16.5. The summed E-state index contributed by atoms with van der Waals surface area (Å²) in [5.74, 6) is 6.86. The Morgan fingerprint density at radius 1 is 1.13 bits per heavy atom. The van der Waals surface area contributed by atoms with Gasteiger partial charge in [-0.3, -0.25) is 10.2 Å². The molecule has 23 heavy (non-hydrogen) atoms. The van der Waals surface area contributed by atoms with Crippen LogP contribution in [0.1, 0.15) is 22.8 Å². The number of methoxy groups -OCH3 is 1. The number of hydrogen-bond donors (Lipinski definition) is 2. The lowest BCUT2D eigenvalue weighted by Gasteiger charge is -2.13. The zero-order valence-corrected chi connectivity index (χ0v) is 13.2. The summed E-state index contributed by atoms with van der Waals surface area (Å²) in [6.45, 7) is 2.68. The van der Waals surface area contributed by atoms with E-state index in [1.165, 1.54) is 0 Å². The molecule has 6 heteroatoms. The highest BCUT2D eigenvalue weighted by Gasteiger charge is 2.10. The van der Waals surface area contributed by atoms with Gasteiger partial charge in [0.2, 0.25) is 0 Å². The largest absolute Gasteiger partial charge is 0.497 e. The summed E-state index contributed by atoms with van der Waals surface area (Å²) in [5.41, 5.74) is 3.32. The second kappa shape index (κ2) is 8.05. The fourth-order valence-corrected chi connectivity index (χ4v) is 2.07. The topological polar surface area (TPSA) is 82.8 Å². The maximum Gasteiger partial charge on any atom is 0.265 e. The lowest BCUT2D eigenvalue weighted by molar-refractivity contribution is 0.0953. The molecule has 0 aliphatic carbocycles. The van der Waals surface area contributed by atoms with Gasteiger partial charge < -0.3 is 14.2 Å². The molecule has 3 N–H and O–H groups in total. The molecule has 1 amide bonds. The van der Waals surface area contributed by atoms with Gasteiger partial charge in [0.15, 0.2) is 0 Å². The van der Waals surface area contributed by atoms with E-state index in [0.717, 1.165) is 5.56 Å². The Labute approximate surface area is 135 Å². The van der Waals surface area contributed by atoms with Crippen LogP contribution in [-0.4, -0.2) is 19.6 Å². The molecule has 0 bridgehead atoms. The molecule has 2 aromatic rings. The number of nitrogens with two attached hydrogens (primary N) is 1. The fraction of sp³-hybridized carbons (Fsp3) is 0.235. The van der Waals surface area contributed by atoms with Gasteiger partial charge in [-0.05, 0) is 37.3 Å². The van der Waals surface area contributed by atoms with Crippen LogP contribution in [0.15, 0.2) is 42.5 Å². The van der Waals surface area contributed by atoms with Crippen molar-refractivity contribution in [1.82, 2.24) is 5.43 Å². The minimum atomic E-state index is -0.365. The van der Waals surface area contributed by atoms with Gasteiger partial charge in [0.05, 0.1) is 13.7 Å². The summed E-state index contributed by atoms with van der Waals surface area (Å²) in [6.07, 6.45) is 0. The zero-order valence-electron chi connectivity index (χ0n) is 13.2. The van der Waals surface area contributed by atoms with Gasteiger partial charge in [-0.1, -0.05) is 6.07 Å². The van der Waals surface area contributed by atoms with Crippen molar-refractivity contribution in [3.05, 3.63) is 53.6 Å². The molecule has 0 aromatic heterocycles. The van der Waals surface area contributed by atoms with Crippen molar-refractivity contribution in [2.24, 2.45) is 5.84 Å². The minimum absolute atomic E-state index is 0.258. The third-order valence-corrected chi connectivity index (χ3v) is 3.19. The van der Waals surface area contributed by atoms with Gasteiger partial charge in [-0.2, -0.15) is 0 Å². The standard InChI is InChI=1S/C17H20N2O4/c1-3-22-16-8-7-12(17(20)19-18)9-13(16)11-23-15-6-4-5-14(10-15)21-2/h4-10H,3,11,18H2,1-2H3,(H,19,20). The molecule has 122 valence electrons. The number of carbonyl (C=O) groups excluding carboxylic acids is 1. The molecule has 0 heterocycles. The van der Waals surface area contributed by atoms with Crippen molar-refractivity contribution < 1.29 is 19.0 Å². The van der Waals surface area contributed by atoms with Gasteiger partial charge in [0.25, 0.3) is 5.91 Å². The third kappa shape index (κ3) is 4.37. The van der Waals surface area contributed by atoms with E-state index in [4.69, 9.17) is 20.1 Å². The van der Waals surface area contributed by atoms with Crippen molar-refractivity contribution in [3.63, 3.8) is 0 Å². The van der Waals surface area contributed by atoms with Gasteiger partial charge >= 0.3 is 0 Å². The molecule has 0 fully saturated rings. The molecular weight excluding hydrogens is 296 g/mol. The summed E-state index contributed by atoms with van der Waals surface area (Å²) in [7, 11) is 1.60. The number of hydrogen-bond acceptors (Lipinski definition) is 5. The van der Waals surface area contributed by atoms with Gasteiger partial charge in [0, 0.05) is 17.2 Å². The van der Waals surface area contributed by atoms with Crippen molar-refractivity contribution in [2.75, 3.05) is 13.7 Å². The summed E-state index contributed by atoms with van der Waals surface area (Å²) in [4.78, 5) is 11.7. The van der Waals surface area contributed by atoms with E-state index in [1.807, 2.05) is 25.1 Å². The second-order valence-electron chi connectivity index (χ2n) is 4.70. The number of ether oxygens (including phenoxy) is 3. The van der Waals surface area contributed by atoms with E-state index >= 15 is 0 Å². The maximum absolute atomic E-state index is 11.7. The Hall–Kier alpha value is -2.73. The van der Waals surface area contributed by atoms with E-state index in [-0.39, 0.29) is 12.5 Å². The molecular formula is C17H20N2O4. The number of hydrazine groups is 1. The van der Waals surface area contributed by atoms with E-state index in [2.05, 4.69) is 5.43 Å². The Morgan fingerprint density at radius 3 is 2.61 bits per heavy atom. The van der Waals surface area contributed by atoms with Crippen LogP contribution in [0.2, 0.25) is 0 Å². The van der Waals surface area contributed by atoms with Crippen LogP contribution in [0.5, 0.6) is 17.2 Å². The quantitative estimate of drug-likeness (QED) is 0.465. The van der Waals surface area contributed by atoms with Crippen LogP contribution in [0.4, 0.5) is 0 Å². The molecule has 0 saturated heterocycles. The van der Waals surface area contributed by atoms with Gasteiger partial charge in [-0.25, -0.2) is 5.84 Å². The molecule has 0 saturated carbocycles. The van der Waals surface area contributed by atoms with Crippen molar-refractivity contribution in [2.45, 2.75) is 13.5 Å². The zero-order chi connectivity index (χ0) is 16.7. The summed E-state index contributed by atoms with van der Waals surface area (Å²) >= 11 is 0. The monoisotopic (exact) mass is 316 g/mol. The first-order valence-corrected chi connectivity index (χ1v) is 7.21. The minimum Gasteiger partial charge on any atom is -0.497 e. The second-order valence-corrected chi connectivity index (χ2v) is 4.70. The Bertz CT molecular complexity index is 673. The number of amides is 1. The first-order valence-electron chi connectivity index (χ1n) is 7.21. The van der Waals surface area contributed by atoms with Crippen LogP contribution < -0.4 is 25.5 Å². The molecule has 0 radical (unpaired) electrons. The molecule has 0 aliphatic rings. The van der Waals surface area contributed by atoms with E-state index in [9.17, 15) is 4.79 Å².